The van der Waals surface area contributed by atoms with Gasteiger partial charge in [0.25, 0.3) is 5.91 Å². The lowest BCUT2D eigenvalue weighted by molar-refractivity contribution is -0.125. The Bertz CT molecular complexity index is 383. The molecule has 0 aliphatic heterocycles. The summed E-state index contributed by atoms with van der Waals surface area (Å²) in [5.74, 6) is -0.259. The van der Waals surface area contributed by atoms with Crippen molar-refractivity contribution < 1.29 is 9.53 Å². The lowest BCUT2D eigenvalue weighted by Crippen LogP contribution is -2.36. The third kappa shape index (κ3) is 3.58. The van der Waals surface area contributed by atoms with Crippen LogP contribution >= 0.6 is 34.2 Å². The van der Waals surface area contributed by atoms with E-state index in [1.165, 1.54) is 7.11 Å². The van der Waals surface area contributed by atoms with Crippen molar-refractivity contribution in [1.29, 1.82) is 0 Å². The Morgan fingerprint density at radius 2 is 2.38 bits per heavy atom. The summed E-state index contributed by atoms with van der Waals surface area (Å²) in [6.45, 7) is 0.145. The summed E-state index contributed by atoms with van der Waals surface area (Å²) in [5, 5.41) is 3.36. The fourth-order valence-electron chi connectivity index (χ4n) is 1.11. The maximum Gasteiger partial charge on any atom is 0.254 e. The molecule has 3 N–H and O–H groups in total. The zero-order valence-electron chi connectivity index (χ0n) is 8.67. The highest BCUT2D eigenvalue weighted by molar-refractivity contribution is 14.1. The Kier molecular flexibility index (Phi) is 5.47. The number of halogens is 2. The number of benzene rings is 1. The Hall–Kier alpha value is -0.370. The van der Waals surface area contributed by atoms with E-state index in [1.807, 2.05) is 0 Å². The lowest BCUT2D eigenvalue weighted by Gasteiger charge is -2.14. The molecule has 0 aromatic heterocycles. The quantitative estimate of drug-likeness (QED) is 0.811. The molecule has 1 rings (SSSR count). The van der Waals surface area contributed by atoms with Crippen molar-refractivity contribution >= 4 is 45.8 Å². The van der Waals surface area contributed by atoms with Crippen LogP contribution in [-0.4, -0.2) is 25.7 Å². The molecule has 0 spiro atoms. The van der Waals surface area contributed by atoms with Gasteiger partial charge in [-0.15, -0.1) is 0 Å². The van der Waals surface area contributed by atoms with Gasteiger partial charge in [-0.25, -0.2) is 0 Å². The summed E-state index contributed by atoms with van der Waals surface area (Å²) < 4.78 is 5.80. The fourth-order valence-corrected chi connectivity index (χ4v) is 2.12. The molecule has 0 radical (unpaired) electrons. The first-order valence-corrected chi connectivity index (χ1v) is 6.03. The van der Waals surface area contributed by atoms with E-state index in [0.29, 0.717) is 10.7 Å². The van der Waals surface area contributed by atoms with Crippen LogP contribution in [-0.2, 0) is 9.53 Å². The van der Waals surface area contributed by atoms with E-state index >= 15 is 0 Å². The second-order valence-corrected chi connectivity index (χ2v) is 4.67. The Morgan fingerprint density at radius 3 is 2.88 bits per heavy atom. The second kappa shape index (κ2) is 6.39. The van der Waals surface area contributed by atoms with Gasteiger partial charge in [0.1, 0.15) is 6.10 Å². The Morgan fingerprint density at radius 1 is 1.69 bits per heavy atom. The zero-order chi connectivity index (χ0) is 12.1. The molecule has 6 heteroatoms. The number of ether oxygens (including phenoxy) is 1. The standard InChI is InChI=1S/C10H12ClIN2O2/c1-16-9(5-13)10(15)14-8-3-2-6(11)4-7(8)12/h2-4,9H,5,13H2,1H3,(H,14,15). The third-order valence-electron chi connectivity index (χ3n) is 1.98. The minimum absolute atomic E-state index is 0.145. The molecule has 1 atom stereocenters. The molecular weight excluding hydrogens is 342 g/mol. The summed E-state index contributed by atoms with van der Waals surface area (Å²) in [5.41, 5.74) is 6.09. The van der Waals surface area contributed by atoms with Crippen LogP contribution < -0.4 is 11.1 Å². The van der Waals surface area contributed by atoms with Gasteiger partial charge in [-0.05, 0) is 40.8 Å². The molecule has 1 amide bonds. The number of nitrogens with one attached hydrogen (secondary N) is 1. The molecule has 0 saturated carbocycles. The molecule has 16 heavy (non-hydrogen) atoms. The van der Waals surface area contributed by atoms with E-state index < -0.39 is 6.10 Å². The fraction of sp³-hybridized carbons (Fsp3) is 0.300. The van der Waals surface area contributed by atoms with Gasteiger partial charge in [-0.3, -0.25) is 4.79 Å². The first-order chi connectivity index (χ1) is 7.58. The van der Waals surface area contributed by atoms with Crippen LogP contribution in [0.15, 0.2) is 18.2 Å². The molecule has 88 valence electrons. The molecule has 0 aliphatic carbocycles. The smallest absolute Gasteiger partial charge is 0.254 e. The van der Waals surface area contributed by atoms with Crippen molar-refractivity contribution in [3.05, 3.63) is 26.8 Å². The highest BCUT2D eigenvalue weighted by atomic mass is 127. The van der Waals surface area contributed by atoms with Crippen molar-refractivity contribution in [3.8, 4) is 0 Å². The first kappa shape index (κ1) is 13.7. The van der Waals surface area contributed by atoms with Gasteiger partial charge in [0.2, 0.25) is 0 Å². The van der Waals surface area contributed by atoms with Crippen molar-refractivity contribution in [2.24, 2.45) is 5.73 Å². The average molecular weight is 355 g/mol. The maximum absolute atomic E-state index is 11.7. The molecule has 0 saturated heterocycles. The average Bonchev–Trinajstić information content (AvgIpc) is 2.24. The summed E-state index contributed by atoms with van der Waals surface area (Å²) in [6, 6.07) is 5.22. The van der Waals surface area contributed by atoms with E-state index in [4.69, 9.17) is 22.1 Å². The zero-order valence-corrected chi connectivity index (χ0v) is 11.6. The van der Waals surface area contributed by atoms with Crippen LogP contribution in [0.4, 0.5) is 5.69 Å². The molecule has 1 unspecified atom stereocenters. The number of hydrogen-bond donors (Lipinski definition) is 2. The SMILES string of the molecule is COC(CN)C(=O)Nc1ccc(Cl)cc1I. The summed E-state index contributed by atoms with van der Waals surface area (Å²) in [6.07, 6.45) is -0.633. The van der Waals surface area contributed by atoms with Crippen molar-refractivity contribution in [3.63, 3.8) is 0 Å². The van der Waals surface area contributed by atoms with E-state index in [0.717, 1.165) is 3.57 Å². The van der Waals surface area contributed by atoms with Gasteiger partial charge in [-0.2, -0.15) is 0 Å². The number of methoxy groups -OCH3 is 1. The summed E-state index contributed by atoms with van der Waals surface area (Å²) in [7, 11) is 1.45. The van der Waals surface area contributed by atoms with Gasteiger partial charge >= 0.3 is 0 Å². The van der Waals surface area contributed by atoms with Gasteiger partial charge in [-0.1, -0.05) is 11.6 Å². The Labute approximate surface area is 113 Å². The number of hydrogen-bond acceptors (Lipinski definition) is 3. The normalized spacial score (nSPS) is 12.2. The van der Waals surface area contributed by atoms with E-state index in [1.54, 1.807) is 18.2 Å². The maximum atomic E-state index is 11.7. The molecule has 1 aromatic rings. The Balaban J connectivity index is 2.76. The molecule has 4 nitrogen and oxygen atoms in total. The van der Waals surface area contributed by atoms with Gasteiger partial charge < -0.3 is 15.8 Å². The molecule has 1 aromatic carbocycles. The van der Waals surface area contributed by atoms with Crippen LogP contribution in [0.2, 0.25) is 5.02 Å². The number of rotatable bonds is 4. The minimum atomic E-state index is -0.633. The van der Waals surface area contributed by atoms with Crippen molar-refractivity contribution in [2.75, 3.05) is 19.0 Å². The largest absolute Gasteiger partial charge is 0.370 e. The molecular formula is C10H12ClIN2O2. The number of amides is 1. The summed E-state index contributed by atoms with van der Waals surface area (Å²) in [4.78, 5) is 11.7. The van der Waals surface area contributed by atoms with Gasteiger partial charge in [0, 0.05) is 22.2 Å². The number of carbonyl (C=O) groups excluding carboxylic acids is 1. The van der Waals surface area contributed by atoms with E-state index in [2.05, 4.69) is 27.9 Å². The first-order valence-electron chi connectivity index (χ1n) is 4.57. The van der Waals surface area contributed by atoms with E-state index in [-0.39, 0.29) is 12.5 Å². The topological polar surface area (TPSA) is 64.3 Å². The van der Waals surface area contributed by atoms with Crippen LogP contribution in [0.3, 0.4) is 0 Å². The lowest BCUT2D eigenvalue weighted by atomic mass is 10.3. The van der Waals surface area contributed by atoms with Crippen LogP contribution in [0.25, 0.3) is 0 Å². The van der Waals surface area contributed by atoms with Crippen LogP contribution in [0.5, 0.6) is 0 Å². The van der Waals surface area contributed by atoms with Crippen molar-refractivity contribution in [2.45, 2.75) is 6.10 Å². The number of carbonyl (C=O) groups is 1. The van der Waals surface area contributed by atoms with Crippen molar-refractivity contribution in [1.82, 2.24) is 0 Å². The van der Waals surface area contributed by atoms with Crippen LogP contribution in [0, 0.1) is 3.57 Å². The predicted octanol–water partition coefficient (Wildman–Crippen LogP) is 1.86. The summed E-state index contributed by atoms with van der Waals surface area (Å²) >= 11 is 7.90. The molecule has 0 heterocycles. The highest BCUT2D eigenvalue weighted by Gasteiger charge is 2.16. The number of anilines is 1. The third-order valence-corrected chi connectivity index (χ3v) is 3.11. The molecule has 0 fully saturated rings. The second-order valence-electron chi connectivity index (χ2n) is 3.07. The molecule has 0 aliphatic rings. The van der Waals surface area contributed by atoms with E-state index in [9.17, 15) is 4.79 Å². The monoisotopic (exact) mass is 354 g/mol. The van der Waals surface area contributed by atoms with Crippen LogP contribution in [0.1, 0.15) is 0 Å². The molecule has 0 bridgehead atoms. The predicted molar refractivity (Wildman–Crippen MR) is 72.7 cm³/mol. The van der Waals surface area contributed by atoms with Gasteiger partial charge in [0.15, 0.2) is 0 Å². The van der Waals surface area contributed by atoms with Gasteiger partial charge in [0.05, 0.1) is 5.69 Å². The highest BCUT2D eigenvalue weighted by Crippen LogP contribution is 2.22. The minimum Gasteiger partial charge on any atom is -0.370 e. The number of nitrogens with two attached hydrogens (primary N) is 1.